The summed E-state index contributed by atoms with van der Waals surface area (Å²) < 4.78 is 0. The molecule has 0 fully saturated rings. The number of aromatic hydroxyl groups is 1. The van der Waals surface area contributed by atoms with Gasteiger partial charge in [0.1, 0.15) is 23.9 Å². The number of phenols is 1. The second-order valence-electron chi connectivity index (χ2n) is 6.49. The van der Waals surface area contributed by atoms with E-state index in [9.17, 15) is 34.5 Å². The van der Waals surface area contributed by atoms with Crippen molar-refractivity contribution >= 4 is 23.7 Å². The zero-order chi connectivity index (χ0) is 22.1. The van der Waals surface area contributed by atoms with E-state index < -0.39 is 47.9 Å². The van der Waals surface area contributed by atoms with Crippen molar-refractivity contribution in [1.29, 1.82) is 0 Å². The fourth-order valence-corrected chi connectivity index (χ4v) is 2.37. The molecule has 0 spiro atoms. The minimum Gasteiger partial charge on any atom is -0.508 e. The molecular formula is C18H26N4O7. The van der Waals surface area contributed by atoms with Gasteiger partial charge in [-0.15, -0.1) is 0 Å². The van der Waals surface area contributed by atoms with Crippen molar-refractivity contribution < 1.29 is 34.5 Å². The number of amides is 3. The Balaban J connectivity index is 2.74. The van der Waals surface area contributed by atoms with Crippen LogP contribution in [0, 0.1) is 0 Å². The summed E-state index contributed by atoms with van der Waals surface area (Å²) in [6.45, 7) is 2.23. The quantitative estimate of drug-likeness (QED) is 0.227. The lowest BCUT2D eigenvalue weighted by Crippen LogP contribution is -2.58. The van der Waals surface area contributed by atoms with Gasteiger partial charge in [0.15, 0.2) is 0 Å². The second kappa shape index (κ2) is 11.0. The molecule has 3 amide bonds. The molecule has 1 rings (SSSR count). The van der Waals surface area contributed by atoms with E-state index in [-0.39, 0.29) is 18.7 Å². The number of carbonyl (C=O) groups is 4. The molecule has 0 aliphatic heterocycles. The molecular weight excluding hydrogens is 384 g/mol. The third kappa shape index (κ3) is 7.76. The standard InChI is InChI=1S/C18H26N4O7/c1-9(20-17(27)15(10(2)23)22-14(25)8-19)16(26)21-13(18(28)29)7-11-3-5-12(24)6-4-11/h3-6,9-10,13,15,23-24H,7-8,19H2,1-2H3,(H,20,27)(H,21,26)(H,22,25)(H,28,29). The van der Waals surface area contributed by atoms with Crippen molar-refractivity contribution in [3.05, 3.63) is 29.8 Å². The number of hydrogen-bond acceptors (Lipinski definition) is 7. The number of carboxylic acids is 1. The first-order valence-electron chi connectivity index (χ1n) is 8.84. The molecule has 0 bridgehead atoms. The molecule has 0 heterocycles. The molecule has 0 aromatic heterocycles. The van der Waals surface area contributed by atoms with Crippen molar-refractivity contribution in [2.45, 2.75) is 44.5 Å². The van der Waals surface area contributed by atoms with Gasteiger partial charge >= 0.3 is 5.97 Å². The highest BCUT2D eigenvalue weighted by atomic mass is 16.4. The lowest BCUT2D eigenvalue weighted by molar-refractivity contribution is -0.142. The zero-order valence-electron chi connectivity index (χ0n) is 16.1. The number of hydrogen-bond donors (Lipinski definition) is 7. The van der Waals surface area contributed by atoms with Gasteiger partial charge in [0.25, 0.3) is 0 Å². The third-order valence-electron chi connectivity index (χ3n) is 4.01. The molecule has 11 nitrogen and oxygen atoms in total. The van der Waals surface area contributed by atoms with Crippen LogP contribution in [0.5, 0.6) is 5.75 Å². The van der Waals surface area contributed by atoms with Gasteiger partial charge in [-0.25, -0.2) is 4.79 Å². The number of nitrogens with two attached hydrogens (primary N) is 1. The number of phenolic OH excluding ortho intramolecular Hbond substituents is 1. The summed E-state index contributed by atoms with van der Waals surface area (Å²) in [6.07, 6.45) is -1.28. The first kappa shape index (κ1) is 23.9. The average molecular weight is 410 g/mol. The minimum atomic E-state index is -1.33. The summed E-state index contributed by atoms with van der Waals surface area (Å²) in [5.74, 6) is -3.51. The number of carboxylic acid groups (broad SMARTS) is 1. The lowest BCUT2D eigenvalue weighted by Gasteiger charge is -2.23. The number of rotatable bonds is 10. The van der Waals surface area contributed by atoms with E-state index in [2.05, 4.69) is 16.0 Å². The van der Waals surface area contributed by atoms with Gasteiger partial charge in [-0.2, -0.15) is 0 Å². The SMILES string of the molecule is CC(NC(=O)C(NC(=O)CN)C(C)O)C(=O)NC(Cc1ccc(O)cc1)C(=O)O. The van der Waals surface area contributed by atoms with E-state index in [1.54, 1.807) is 0 Å². The average Bonchev–Trinajstić information content (AvgIpc) is 2.66. The fraction of sp³-hybridized carbons (Fsp3) is 0.444. The van der Waals surface area contributed by atoms with Gasteiger partial charge in [-0.1, -0.05) is 12.1 Å². The Morgan fingerprint density at radius 2 is 1.59 bits per heavy atom. The normalized spacial score (nSPS) is 14.8. The van der Waals surface area contributed by atoms with Gasteiger partial charge < -0.3 is 37.0 Å². The molecule has 1 aromatic rings. The summed E-state index contributed by atoms with van der Waals surface area (Å²) in [5, 5.41) is 35.2. The van der Waals surface area contributed by atoms with E-state index in [1.807, 2.05) is 0 Å². The summed E-state index contributed by atoms with van der Waals surface area (Å²) in [7, 11) is 0. The van der Waals surface area contributed by atoms with Crippen molar-refractivity contribution in [3.8, 4) is 5.75 Å². The summed E-state index contributed by atoms with van der Waals surface area (Å²) in [5.41, 5.74) is 5.74. The van der Waals surface area contributed by atoms with Crippen LogP contribution >= 0.6 is 0 Å². The maximum absolute atomic E-state index is 12.3. The highest BCUT2D eigenvalue weighted by molar-refractivity contribution is 5.93. The zero-order valence-corrected chi connectivity index (χ0v) is 16.1. The molecule has 0 saturated carbocycles. The smallest absolute Gasteiger partial charge is 0.326 e. The number of benzene rings is 1. The van der Waals surface area contributed by atoms with E-state index >= 15 is 0 Å². The van der Waals surface area contributed by atoms with Crippen LogP contribution in [-0.2, 0) is 25.6 Å². The molecule has 160 valence electrons. The second-order valence-corrected chi connectivity index (χ2v) is 6.49. The summed E-state index contributed by atoms with van der Waals surface area (Å²) in [4.78, 5) is 47.4. The van der Waals surface area contributed by atoms with Crippen LogP contribution < -0.4 is 21.7 Å². The number of aliphatic hydroxyl groups is 1. The van der Waals surface area contributed by atoms with E-state index in [0.29, 0.717) is 5.56 Å². The topological polar surface area (TPSA) is 191 Å². The van der Waals surface area contributed by atoms with Crippen LogP contribution in [0.1, 0.15) is 19.4 Å². The van der Waals surface area contributed by atoms with Crippen LogP contribution in [0.25, 0.3) is 0 Å². The number of carbonyl (C=O) groups excluding carboxylic acids is 3. The molecule has 0 aliphatic rings. The highest BCUT2D eigenvalue weighted by Crippen LogP contribution is 2.11. The number of nitrogens with one attached hydrogen (secondary N) is 3. The molecule has 4 atom stereocenters. The molecule has 11 heteroatoms. The van der Waals surface area contributed by atoms with E-state index in [4.69, 9.17) is 5.73 Å². The van der Waals surface area contributed by atoms with Crippen LogP contribution in [0.3, 0.4) is 0 Å². The Labute approximate surface area is 167 Å². The van der Waals surface area contributed by atoms with Gasteiger partial charge in [0, 0.05) is 6.42 Å². The molecule has 0 radical (unpaired) electrons. The maximum atomic E-state index is 12.3. The Hall–Kier alpha value is -3.18. The predicted molar refractivity (Wildman–Crippen MR) is 102 cm³/mol. The van der Waals surface area contributed by atoms with Gasteiger partial charge in [-0.3, -0.25) is 14.4 Å². The minimum absolute atomic E-state index is 0.0235. The molecule has 4 unspecified atom stereocenters. The maximum Gasteiger partial charge on any atom is 0.326 e. The molecule has 1 aromatic carbocycles. The van der Waals surface area contributed by atoms with E-state index in [1.165, 1.54) is 38.1 Å². The van der Waals surface area contributed by atoms with Gasteiger partial charge in [0.05, 0.1) is 12.6 Å². The third-order valence-corrected chi connectivity index (χ3v) is 4.01. The highest BCUT2D eigenvalue weighted by Gasteiger charge is 2.29. The van der Waals surface area contributed by atoms with Crippen LogP contribution in [-0.4, -0.2) is 69.8 Å². The van der Waals surface area contributed by atoms with Crippen molar-refractivity contribution in [1.82, 2.24) is 16.0 Å². The Morgan fingerprint density at radius 1 is 1.00 bits per heavy atom. The van der Waals surface area contributed by atoms with Crippen LogP contribution in [0.2, 0.25) is 0 Å². The van der Waals surface area contributed by atoms with Gasteiger partial charge in [0.2, 0.25) is 17.7 Å². The monoisotopic (exact) mass is 410 g/mol. The molecule has 0 aliphatic carbocycles. The van der Waals surface area contributed by atoms with Crippen LogP contribution in [0.15, 0.2) is 24.3 Å². The van der Waals surface area contributed by atoms with Gasteiger partial charge in [-0.05, 0) is 31.5 Å². The van der Waals surface area contributed by atoms with Crippen molar-refractivity contribution in [2.75, 3.05) is 6.54 Å². The first-order chi connectivity index (χ1) is 13.5. The van der Waals surface area contributed by atoms with Crippen molar-refractivity contribution in [2.24, 2.45) is 5.73 Å². The van der Waals surface area contributed by atoms with Crippen molar-refractivity contribution in [3.63, 3.8) is 0 Å². The fourth-order valence-electron chi connectivity index (χ4n) is 2.37. The van der Waals surface area contributed by atoms with E-state index in [0.717, 1.165) is 0 Å². The summed E-state index contributed by atoms with van der Waals surface area (Å²) >= 11 is 0. The Bertz CT molecular complexity index is 736. The molecule has 8 N–H and O–H groups in total. The molecule has 29 heavy (non-hydrogen) atoms. The summed E-state index contributed by atoms with van der Waals surface area (Å²) in [6, 6.07) is 2.10. The van der Waals surface area contributed by atoms with Crippen LogP contribution in [0.4, 0.5) is 0 Å². The Kier molecular flexibility index (Phi) is 9.03. The number of aliphatic hydroxyl groups excluding tert-OH is 1. The largest absolute Gasteiger partial charge is 0.508 e. The number of aliphatic carboxylic acids is 1. The lowest BCUT2D eigenvalue weighted by atomic mass is 10.1. The first-order valence-corrected chi connectivity index (χ1v) is 8.84. The Morgan fingerprint density at radius 3 is 2.07 bits per heavy atom. The molecule has 0 saturated heterocycles. The predicted octanol–water partition coefficient (Wildman–Crippen LogP) is -2.17.